The van der Waals surface area contributed by atoms with Crippen LogP contribution < -0.4 is 16.0 Å². The summed E-state index contributed by atoms with van der Waals surface area (Å²) in [5.74, 6) is 6.04. The average molecular weight is 374 g/mol. The van der Waals surface area contributed by atoms with Gasteiger partial charge in [-0.3, -0.25) is 11.3 Å². The van der Waals surface area contributed by atoms with Crippen LogP contribution in [0.1, 0.15) is 17.2 Å². The maximum atomic E-state index is 13.1. The zero-order valence-electron chi connectivity index (χ0n) is 11.4. The molecule has 0 amide bonds. The summed E-state index contributed by atoms with van der Waals surface area (Å²) in [6.07, 6.45) is 0.529. The Balaban J connectivity index is 2.31. The third-order valence-electron chi connectivity index (χ3n) is 3.22. The quantitative estimate of drug-likeness (QED) is 0.615. The lowest BCUT2D eigenvalue weighted by Crippen LogP contribution is -2.30. The second-order valence-corrected chi connectivity index (χ2v) is 5.81. The molecule has 6 heteroatoms. The number of hydrogen-bond acceptors (Lipinski definition) is 3. The summed E-state index contributed by atoms with van der Waals surface area (Å²) in [6.45, 7) is 0. The molecule has 3 N–H and O–H groups in total. The molecule has 0 aromatic heterocycles. The summed E-state index contributed by atoms with van der Waals surface area (Å²) in [7, 11) is 1.61. The zero-order chi connectivity index (χ0) is 15.4. The Morgan fingerprint density at radius 2 is 2.10 bits per heavy atom. The normalized spacial score (nSPS) is 12.2. The van der Waals surface area contributed by atoms with E-state index in [1.54, 1.807) is 13.2 Å². The highest BCUT2D eigenvalue weighted by atomic mass is 79.9. The molecule has 0 saturated carbocycles. The van der Waals surface area contributed by atoms with E-state index in [1.807, 2.05) is 18.2 Å². The predicted octanol–water partition coefficient (Wildman–Crippen LogP) is 4.00. The highest BCUT2D eigenvalue weighted by molar-refractivity contribution is 9.10. The van der Waals surface area contributed by atoms with Crippen molar-refractivity contribution in [3.63, 3.8) is 0 Å². The topological polar surface area (TPSA) is 47.3 Å². The van der Waals surface area contributed by atoms with Crippen LogP contribution >= 0.6 is 27.5 Å². The Bertz CT molecular complexity index is 639. The molecule has 1 unspecified atom stereocenters. The predicted molar refractivity (Wildman–Crippen MR) is 85.9 cm³/mol. The van der Waals surface area contributed by atoms with E-state index < -0.39 is 0 Å². The number of hydrogen-bond donors (Lipinski definition) is 2. The van der Waals surface area contributed by atoms with Gasteiger partial charge in [-0.1, -0.05) is 33.6 Å². The van der Waals surface area contributed by atoms with Crippen LogP contribution in [-0.2, 0) is 6.42 Å². The Hall–Kier alpha value is -1.14. The average Bonchev–Trinajstić information content (AvgIpc) is 2.47. The van der Waals surface area contributed by atoms with E-state index in [1.165, 1.54) is 12.1 Å². The minimum atomic E-state index is -0.358. The molecule has 21 heavy (non-hydrogen) atoms. The number of rotatable bonds is 5. The highest BCUT2D eigenvalue weighted by Gasteiger charge is 2.16. The number of methoxy groups -OCH3 is 1. The standard InChI is InChI=1S/C15H15BrClFN2O/c1-21-11-4-5-13(16)12(8-11)15(20-19)6-9-2-3-10(18)7-14(9)17/h2-5,7-8,15,20H,6,19H2,1H3. The summed E-state index contributed by atoms with van der Waals surface area (Å²) in [6, 6.07) is 9.80. The molecule has 0 radical (unpaired) electrons. The molecule has 1 atom stereocenters. The first-order chi connectivity index (χ1) is 10.0. The Morgan fingerprint density at radius 3 is 2.71 bits per heavy atom. The molecule has 2 aromatic rings. The van der Waals surface area contributed by atoms with Gasteiger partial charge in [0, 0.05) is 9.50 Å². The molecule has 0 spiro atoms. The Kier molecular flexibility index (Phi) is 5.58. The first kappa shape index (κ1) is 16.2. The van der Waals surface area contributed by atoms with Gasteiger partial charge >= 0.3 is 0 Å². The summed E-state index contributed by atoms with van der Waals surface area (Å²) >= 11 is 9.57. The van der Waals surface area contributed by atoms with Gasteiger partial charge in [0.2, 0.25) is 0 Å². The summed E-state index contributed by atoms with van der Waals surface area (Å²) < 4.78 is 19.2. The molecule has 112 valence electrons. The van der Waals surface area contributed by atoms with Gasteiger partial charge in [0.1, 0.15) is 11.6 Å². The summed E-state index contributed by atoms with van der Waals surface area (Å²) in [5.41, 5.74) is 4.52. The van der Waals surface area contributed by atoms with Gasteiger partial charge in [-0.15, -0.1) is 0 Å². The minimum absolute atomic E-state index is 0.183. The van der Waals surface area contributed by atoms with Crippen molar-refractivity contribution in [3.8, 4) is 5.75 Å². The van der Waals surface area contributed by atoms with E-state index in [2.05, 4.69) is 21.4 Å². The van der Waals surface area contributed by atoms with Crippen LogP contribution in [0.4, 0.5) is 4.39 Å². The van der Waals surface area contributed by atoms with E-state index in [-0.39, 0.29) is 11.9 Å². The van der Waals surface area contributed by atoms with Crippen molar-refractivity contribution in [1.82, 2.24) is 5.43 Å². The molecule has 0 bridgehead atoms. The first-order valence-corrected chi connectivity index (χ1v) is 7.45. The fourth-order valence-corrected chi connectivity index (χ4v) is 2.85. The van der Waals surface area contributed by atoms with Crippen LogP contribution in [-0.4, -0.2) is 7.11 Å². The Labute approximate surface area is 136 Å². The van der Waals surface area contributed by atoms with Crippen LogP contribution in [0.2, 0.25) is 5.02 Å². The smallest absolute Gasteiger partial charge is 0.124 e. The molecular formula is C15H15BrClFN2O. The largest absolute Gasteiger partial charge is 0.497 e. The van der Waals surface area contributed by atoms with Crippen molar-refractivity contribution in [2.75, 3.05) is 7.11 Å². The van der Waals surface area contributed by atoms with Crippen molar-refractivity contribution in [1.29, 1.82) is 0 Å². The zero-order valence-corrected chi connectivity index (χ0v) is 13.7. The third-order valence-corrected chi connectivity index (χ3v) is 4.29. The Morgan fingerprint density at radius 1 is 1.33 bits per heavy atom. The maximum absolute atomic E-state index is 13.1. The van der Waals surface area contributed by atoms with Crippen molar-refractivity contribution in [3.05, 3.63) is 62.8 Å². The van der Waals surface area contributed by atoms with Crippen LogP contribution in [0.5, 0.6) is 5.75 Å². The van der Waals surface area contributed by atoms with Crippen LogP contribution in [0.15, 0.2) is 40.9 Å². The van der Waals surface area contributed by atoms with Gasteiger partial charge in [0.05, 0.1) is 13.2 Å². The summed E-state index contributed by atoms with van der Waals surface area (Å²) in [5, 5.41) is 0.384. The molecular weight excluding hydrogens is 359 g/mol. The lowest BCUT2D eigenvalue weighted by atomic mass is 9.99. The number of halogens is 3. The van der Waals surface area contributed by atoms with Crippen molar-refractivity contribution < 1.29 is 9.13 Å². The highest BCUT2D eigenvalue weighted by Crippen LogP contribution is 2.31. The van der Waals surface area contributed by atoms with Crippen LogP contribution in [0, 0.1) is 5.82 Å². The second-order valence-electron chi connectivity index (χ2n) is 4.55. The van der Waals surface area contributed by atoms with Crippen LogP contribution in [0.3, 0.4) is 0 Å². The number of benzene rings is 2. The number of nitrogens with two attached hydrogens (primary N) is 1. The van der Waals surface area contributed by atoms with Gasteiger partial charge in [0.25, 0.3) is 0 Å². The first-order valence-electron chi connectivity index (χ1n) is 6.28. The van der Waals surface area contributed by atoms with E-state index in [9.17, 15) is 4.39 Å². The monoisotopic (exact) mass is 372 g/mol. The second kappa shape index (κ2) is 7.22. The number of ether oxygens (including phenoxy) is 1. The molecule has 2 rings (SSSR count). The lowest BCUT2D eigenvalue weighted by molar-refractivity contribution is 0.412. The fourth-order valence-electron chi connectivity index (χ4n) is 2.08. The molecule has 0 saturated heterocycles. The van der Waals surface area contributed by atoms with Gasteiger partial charge in [-0.2, -0.15) is 0 Å². The molecule has 0 aliphatic carbocycles. The van der Waals surface area contributed by atoms with Crippen molar-refractivity contribution in [2.24, 2.45) is 5.84 Å². The van der Waals surface area contributed by atoms with Crippen molar-refractivity contribution in [2.45, 2.75) is 12.5 Å². The van der Waals surface area contributed by atoms with Crippen molar-refractivity contribution >= 4 is 27.5 Å². The van der Waals surface area contributed by atoms with E-state index in [0.717, 1.165) is 21.3 Å². The molecule has 0 aliphatic rings. The molecule has 0 fully saturated rings. The fraction of sp³-hybridized carbons (Fsp3) is 0.200. The number of hydrazine groups is 1. The maximum Gasteiger partial charge on any atom is 0.124 e. The molecule has 0 aliphatic heterocycles. The lowest BCUT2D eigenvalue weighted by Gasteiger charge is -2.19. The SMILES string of the molecule is COc1ccc(Br)c(C(Cc2ccc(F)cc2Cl)NN)c1. The summed E-state index contributed by atoms with van der Waals surface area (Å²) in [4.78, 5) is 0. The van der Waals surface area contributed by atoms with E-state index >= 15 is 0 Å². The van der Waals surface area contributed by atoms with Gasteiger partial charge in [-0.05, 0) is 47.9 Å². The van der Waals surface area contributed by atoms with E-state index in [0.29, 0.717) is 11.4 Å². The minimum Gasteiger partial charge on any atom is -0.497 e. The van der Waals surface area contributed by atoms with Gasteiger partial charge in [-0.25, -0.2) is 4.39 Å². The third kappa shape index (κ3) is 3.95. The molecule has 3 nitrogen and oxygen atoms in total. The molecule has 2 aromatic carbocycles. The van der Waals surface area contributed by atoms with Gasteiger partial charge in [0.15, 0.2) is 0 Å². The molecule has 0 heterocycles. The number of nitrogens with one attached hydrogen (secondary N) is 1. The van der Waals surface area contributed by atoms with E-state index in [4.69, 9.17) is 22.2 Å². The van der Waals surface area contributed by atoms with Crippen LogP contribution in [0.25, 0.3) is 0 Å². The van der Waals surface area contributed by atoms with Gasteiger partial charge < -0.3 is 4.74 Å².